The Morgan fingerprint density at radius 3 is 2.53 bits per heavy atom. The normalized spacial score (nSPS) is 32.6. The molecule has 2 heterocycles. The summed E-state index contributed by atoms with van der Waals surface area (Å²) in [5.41, 5.74) is 0. The lowest BCUT2D eigenvalue weighted by Gasteiger charge is -2.26. The van der Waals surface area contributed by atoms with Gasteiger partial charge in [0.1, 0.15) is 6.10 Å². The second-order valence-electron chi connectivity index (χ2n) is 4.50. The lowest BCUT2D eigenvalue weighted by molar-refractivity contribution is -0.154. The number of ether oxygens (including phenoxy) is 1. The molecule has 2 rings (SSSR count). The first kappa shape index (κ1) is 12.7. The highest BCUT2D eigenvalue weighted by atomic mass is 32.2. The van der Waals surface area contributed by atoms with Gasteiger partial charge in [-0.1, -0.05) is 0 Å². The molecular formula is C11H17NO4S. The number of thioether (sulfide) groups is 1. The van der Waals surface area contributed by atoms with Gasteiger partial charge in [-0.15, -0.1) is 0 Å². The third-order valence-corrected chi connectivity index (χ3v) is 4.52. The minimum atomic E-state index is -0.973. The second-order valence-corrected chi connectivity index (χ2v) is 5.65. The van der Waals surface area contributed by atoms with Gasteiger partial charge in [0.25, 0.3) is 5.91 Å². The number of carbonyl (C=O) groups is 2. The van der Waals surface area contributed by atoms with Crippen LogP contribution < -0.4 is 0 Å². The summed E-state index contributed by atoms with van der Waals surface area (Å²) in [7, 11) is 1.79. The molecule has 0 spiro atoms. The lowest BCUT2D eigenvalue weighted by atomic mass is 10.1. The highest BCUT2D eigenvalue weighted by Gasteiger charge is 2.37. The number of hydrogen-bond acceptors (Lipinski definition) is 4. The summed E-state index contributed by atoms with van der Waals surface area (Å²) in [6.07, 6.45) is 0.586. The summed E-state index contributed by atoms with van der Waals surface area (Å²) in [5, 5.41) is 8.81. The molecule has 0 bridgehead atoms. The molecule has 0 aromatic heterocycles. The van der Waals surface area contributed by atoms with Crippen LogP contribution in [0.25, 0.3) is 0 Å². The van der Waals surface area contributed by atoms with E-state index >= 15 is 0 Å². The molecule has 0 aromatic carbocycles. The largest absolute Gasteiger partial charge is 0.479 e. The SMILES string of the molecule is CN(C(=O)C1CCC(C(=O)O)O1)C1CCSC1. The molecule has 0 aliphatic carbocycles. The van der Waals surface area contributed by atoms with E-state index in [-0.39, 0.29) is 11.9 Å². The zero-order valence-electron chi connectivity index (χ0n) is 9.80. The van der Waals surface area contributed by atoms with Gasteiger partial charge in [0.2, 0.25) is 0 Å². The average Bonchev–Trinajstić information content (AvgIpc) is 2.97. The molecule has 2 fully saturated rings. The van der Waals surface area contributed by atoms with Crippen molar-refractivity contribution in [2.45, 2.75) is 37.5 Å². The third kappa shape index (κ3) is 2.74. The first-order valence-corrected chi connectivity index (χ1v) is 6.97. The maximum atomic E-state index is 12.1. The maximum absolute atomic E-state index is 12.1. The van der Waals surface area contributed by atoms with Gasteiger partial charge in [-0.2, -0.15) is 11.8 Å². The van der Waals surface area contributed by atoms with E-state index in [9.17, 15) is 9.59 Å². The van der Waals surface area contributed by atoms with Crippen LogP contribution in [0.15, 0.2) is 0 Å². The van der Waals surface area contributed by atoms with E-state index in [1.54, 1.807) is 11.9 Å². The predicted octanol–water partition coefficient (Wildman–Crippen LogP) is 0.583. The molecule has 96 valence electrons. The first-order valence-electron chi connectivity index (χ1n) is 5.82. The molecule has 3 atom stereocenters. The molecular weight excluding hydrogens is 242 g/mol. The Morgan fingerprint density at radius 1 is 1.29 bits per heavy atom. The smallest absolute Gasteiger partial charge is 0.332 e. The summed E-state index contributed by atoms with van der Waals surface area (Å²) in [5.74, 6) is 1.02. The van der Waals surface area contributed by atoms with E-state index < -0.39 is 18.2 Å². The first-order chi connectivity index (χ1) is 8.09. The summed E-state index contributed by atoms with van der Waals surface area (Å²) >= 11 is 1.85. The molecule has 0 saturated carbocycles. The molecule has 1 amide bonds. The zero-order valence-corrected chi connectivity index (χ0v) is 10.6. The molecule has 2 aliphatic rings. The van der Waals surface area contributed by atoms with Crippen molar-refractivity contribution in [3.05, 3.63) is 0 Å². The number of likely N-dealkylation sites (N-methyl/N-ethyl adjacent to an activating group) is 1. The van der Waals surface area contributed by atoms with E-state index in [0.29, 0.717) is 12.8 Å². The van der Waals surface area contributed by atoms with Crippen molar-refractivity contribution in [2.24, 2.45) is 0 Å². The highest BCUT2D eigenvalue weighted by molar-refractivity contribution is 7.99. The zero-order chi connectivity index (χ0) is 12.4. The summed E-state index contributed by atoms with van der Waals surface area (Å²) < 4.78 is 5.27. The van der Waals surface area contributed by atoms with Crippen LogP contribution in [0.2, 0.25) is 0 Å². The number of nitrogens with zero attached hydrogens (tertiary/aromatic N) is 1. The van der Waals surface area contributed by atoms with Gasteiger partial charge in [0.15, 0.2) is 6.10 Å². The van der Waals surface area contributed by atoms with Crippen molar-refractivity contribution >= 4 is 23.6 Å². The van der Waals surface area contributed by atoms with E-state index in [1.807, 2.05) is 11.8 Å². The van der Waals surface area contributed by atoms with E-state index in [0.717, 1.165) is 17.9 Å². The van der Waals surface area contributed by atoms with Crippen LogP contribution in [0.3, 0.4) is 0 Å². The fraction of sp³-hybridized carbons (Fsp3) is 0.818. The van der Waals surface area contributed by atoms with Crippen LogP contribution in [0.1, 0.15) is 19.3 Å². The van der Waals surface area contributed by atoms with Crippen molar-refractivity contribution in [1.29, 1.82) is 0 Å². The summed E-state index contributed by atoms with van der Waals surface area (Å²) in [6.45, 7) is 0. The second kappa shape index (κ2) is 5.27. The number of carboxylic acid groups (broad SMARTS) is 1. The van der Waals surface area contributed by atoms with Crippen molar-refractivity contribution in [2.75, 3.05) is 18.6 Å². The van der Waals surface area contributed by atoms with Gasteiger partial charge in [-0.3, -0.25) is 4.79 Å². The molecule has 17 heavy (non-hydrogen) atoms. The highest BCUT2D eigenvalue weighted by Crippen LogP contribution is 2.25. The van der Waals surface area contributed by atoms with E-state index in [1.165, 1.54) is 0 Å². The maximum Gasteiger partial charge on any atom is 0.332 e. The number of rotatable bonds is 3. The standard InChI is InChI=1S/C11H17NO4S/c1-12(7-4-5-17-6-7)10(13)8-2-3-9(16-8)11(14)15/h7-9H,2-6H2,1H3,(H,14,15). The average molecular weight is 259 g/mol. The van der Waals surface area contributed by atoms with Gasteiger partial charge in [-0.05, 0) is 25.0 Å². The van der Waals surface area contributed by atoms with Crippen LogP contribution in [0.5, 0.6) is 0 Å². The minimum Gasteiger partial charge on any atom is -0.479 e. The van der Waals surface area contributed by atoms with Crippen LogP contribution >= 0.6 is 11.8 Å². The van der Waals surface area contributed by atoms with Gasteiger partial charge in [0.05, 0.1) is 0 Å². The van der Waals surface area contributed by atoms with Gasteiger partial charge in [-0.25, -0.2) is 4.79 Å². The molecule has 0 aromatic rings. The molecule has 2 aliphatic heterocycles. The van der Waals surface area contributed by atoms with Crippen LogP contribution in [0, 0.1) is 0 Å². The molecule has 1 N–H and O–H groups in total. The van der Waals surface area contributed by atoms with E-state index in [4.69, 9.17) is 9.84 Å². The molecule has 5 nitrogen and oxygen atoms in total. The Balaban J connectivity index is 1.89. The van der Waals surface area contributed by atoms with Crippen molar-refractivity contribution < 1.29 is 19.4 Å². The molecule has 2 saturated heterocycles. The van der Waals surface area contributed by atoms with Crippen LogP contribution in [-0.2, 0) is 14.3 Å². The Bertz CT molecular complexity index is 317. The fourth-order valence-electron chi connectivity index (χ4n) is 2.24. The predicted molar refractivity (Wildman–Crippen MR) is 64.0 cm³/mol. The minimum absolute atomic E-state index is 0.0683. The van der Waals surface area contributed by atoms with Crippen molar-refractivity contribution in [1.82, 2.24) is 4.90 Å². The van der Waals surface area contributed by atoms with Crippen LogP contribution in [-0.4, -0.2) is 58.7 Å². The fourth-order valence-corrected chi connectivity index (χ4v) is 3.50. The van der Waals surface area contributed by atoms with Crippen molar-refractivity contribution in [3.8, 4) is 0 Å². The van der Waals surface area contributed by atoms with Gasteiger partial charge in [0, 0.05) is 18.8 Å². The Hall–Kier alpha value is -0.750. The summed E-state index contributed by atoms with van der Waals surface area (Å²) in [4.78, 5) is 24.6. The topological polar surface area (TPSA) is 66.8 Å². The third-order valence-electron chi connectivity index (χ3n) is 3.37. The quantitative estimate of drug-likeness (QED) is 0.803. The molecule has 6 heteroatoms. The number of amides is 1. The van der Waals surface area contributed by atoms with Gasteiger partial charge >= 0.3 is 5.97 Å². The van der Waals surface area contributed by atoms with Crippen molar-refractivity contribution in [3.63, 3.8) is 0 Å². The number of carboxylic acids is 1. The monoisotopic (exact) mass is 259 g/mol. The molecule has 0 radical (unpaired) electrons. The van der Waals surface area contributed by atoms with Crippen LogP contribution in [0.4, 0.5) is 0 Å². The Morgan fingerprint density at radius 2 is 2.00 bits per heavy atom. The number of carbonyl (C=O) groups excluding carboxylic acids is 1. The number of aliphatic carboxylic acids is 1. The van der Waals surface area contributed by atoms with Gasteiger partial charge < -0.3 is 14.7 Å². The Labute approximate surface area is 104 Å². The van der Waals surface area contributed by atoms with E-state index in [2.05, 4.69) is 0 Å². The molecule has 3 unspecified atom stereocenters. The lowest BCUT2D eigenvalue weighted by Crippen LogP contribution is -2.43. The number of hydrogen-bond donors (Lipinski definition) is 1. The summed E-state index contributed by atoms with van der Waals surface area (Å²) in [6, 6.07) is 0.278. The Kier molecular flexibility index (Phi) is 3.93.